The van der Waals surface area contributed by atoms with E-state index in [2.05, 4.69) is 36.5 Å². The molecule has 72 valence electrons. The fraction of sp³-hybridized carbons (Fsp3) is 0.538. The molecule has 0 aliphatic heterocycles. The van der Waals surface area contributed by atoms with Gasteiger partial charge in [-0.25, -0.2) is 0 Å². The van der Waals surface area contributed by atoms with Crippen LogP contribution in [0.3, 0.4) is 0 Å². The Labute approximate surface area is 82.0 Å². The van der Waals surface area contributed by atoms with Gasteiger partial charge < -0.3 is 0 Å². The van der Waals surface area contributed by atoms with Gasteiger partial charge in [0.2, 0.25) is 0 Å². The summed E-state index contributed by atoms with van der Waals surface area (Å²) in [5.41, 5.74) is 0. The van der Waals surface area contributed by atoms with E-state index in [9.17, 15) is 0 Å². The molecule has 0 heterocycles. The summed E-state index contributed by atoms with van der Waals surface area (Å²) >= 11 is 0. The van der Waals surface area contributed by atoms with Crippen LogP contribution in [0.15, 0.2) is 36.5 Å². The van der Waals surface area contributed by atoms with Gasteiger partial charge in [-0.2, -0.15) is 0 Å². The van der Waals surface area contributed by atoms with Crippen LogP contribution in [0.1, 0.15) is 44.9 Å². The van der Waals surface area contributed by atoms with E-state index in [0.717, 1.165) is 6.42 Å². The summed E-state index contributed by atoms with van der Waals surface area (Å²) in [6.45, 7) is 0. The van der Waals surface area contributed by atoms with Crippen molar-refractivity contribution in [2.24, 2.45) is 0 Å². The Morgan fingerprint density at radius 2 is 1.23 bits per heavy atom. The number of rotatable bonds is 0. The van der Waals surface area contributed by atoms with Crippen LogP contribution in [-0.4, -0.2) is 0 Å². The fourth-order valence-electron chi connectivity index (χ4n) is 1.50. The van der Waals surface area contributed by atoms with E-state index in [4.69, 9.17) is 0 Å². The van der Waals surface area contributed by atoms with Gasteiger partial charge >= 0.3 is 0 Å². The van der Waals surface area contributed by atoms with Crippen LogP contribution in [0, 0.1) is 0 Å². The van der Waals surface area contributed by atoms with Crippen LogP contribution in [0.2, 0.25) is 0 Å². The highest BCUT2D eigenvalue weighted by Crippen LogP contribution is 2.07. The van der Waals surface area contributed by atoms with Crippen LogP contribution in [0.4, 0.5) is 0 Å². The van der Waals surface area contributed by atoms with Gasteiger partial charge in [-0.05, 0) is 32.1 Å². The summed E-state index contributed by atoms with van der Waals surface area (Å²) in [6, 6.07) is 0. The summed E-state index contributed by atoms with van der Waals surface area (Å²) < 4.78 is 0. The monoisotopic (exact) mass is 176 g/mol. The summed E-state index contributed by atoms with van der Waals surface area (Å²) in [6.07, 6.45) is 22.5. The minimum atomic E-state index is 1.09. The highest BCUT2D eigenvalue weighted by Gasteiger charge is 1.87. The van der Waals surface area contributed by atoms with Crippen molar-refractivity contribution < 1.29 is 0 Å². The highest BCUT2D eigenvalue weighted by atomic mass is 13.9. The highest BCUT2D eigenvalue weighted by molar-refractivity contribution is 5.04. The molecule has 0 nitrogen and oxygen atoms in total. The molecule has 0 bridgehead atoms. The van der Waals surface area contributed by atoms with Gasteiger partial charge in [0, 0.05) is 0 Å². The zero-order valence-electron chi connectivity index (χ0n) is 8.41. The van der Waals surface area contributed by atoms with Gasteiger partial charge in [0.15, 0.2) is 0 Å². The lowest BCUT2D eigenvalue weighted by atomic mass is 10.1. The molecule has 0 atom stereocenters. The lowest BCUT2D eigenvalue weighted by Gasteiger charge is -1.95. The molecule has 1 aliphatic carbocycles. The fourth-order valence-corrected chi connectivity index (χ4v) is 1.50. The maximum absolute atomic E-state index is 2.31. The summed E-state index contributed by atoms with van der Waals surface area (Å²) in [4.78, 5) is 0. The van der Waals surface area contributed by atoms with Crippen LogP contribution >= 0.6 is 0 Å². The van der Waals surface area contributed by atoms with Crippen molar-refractivity contribution >= 4 is 0 Å². The Kier molecular flexibility index (Phi) is 6.22. The molecule has 0 saturated carbocycles. The second kappa shape index (κ2) is 7.85. The van der Waals surface area contributed by atoms with Crippen molar-refractivity contribution in [3.8, 4) is 0 Å². The maximum atomic E-state index is 2.31. The average molecular weight is 176 g/mol. The first-order valence-corrected chi connectivity index (χ1v) is 5.47. The van der Waals surface area contributed by atoms with Crippen molar-refractivity contribution in [2.45, 2.75) is 44.9 Å². The van der Waals surface area contributed by atoms with Crippen molar-refractivity contribution in [3.63, 3.8) is 0 Å². The molecule has 0 fully saturated rings. The Balaban J connectivity index is 2.29. The second-order valence-corrected chi connectivity index (χ2v) is 3.55. The molecule has 13 heavy (non-hydrogen) atoms. The van der Waals surface area contributed by atoms with E-state index < -0.39 is 0 Å². The topological polar surface area (TPSA) is 0 Å². The molecule has 0 heteroatoms. The summed E-state index contributed by atoms with van der Waals surface area (Å²) in [7, 11) is 0. The molecular formula is C13H20. The van der Waals surface area contributed by atoms with Gasteiger partial charge in [-0.3, -0.25) is 0 Å². The molecule has 0 aromatic rings. The van der Waals surface area contributed by atoms with E-state index in [1.165, 1.54) is 38.5 Å². The van der Waals surface area contributed by atoms with Crippen molar-refractivity contribution in [1.29, 1.82) is 0 Å². The van der Waals surface area contributed by atoms with Gasteiger partial charge in [0.05, 0.1) is 0 Å². The zero-order chi connectivity index (χ0) is 9.19. The van der Waals surface area contributed by atoms with Crippen molar-refractivity contribution in [2.75, 3.05) is 0 Å². The average Bonchev–Trinajstić information content (AvgIpc) is 2.18. The molecule has 0 aromatic heterocycles. The number of hydrogen-bond acceptors (Lipinski definition) is 0. The molecule has 0 unspecified atom stereocenters. The Hall–Kier alpha value is -0.780. The molecule has 0 amide bonds. The first-order chi connectivity index (χ1) is 6.50. The normalized spacial score (nSPS) is 27.7. The molecule has 0 radical (unpaired) electrons. The van der Waals surface area contributed by atoms with Crippen LogP contribution in [0.5, 0.6) is 0 Å². The van der Waals surface area contributed by atoms with E-state index in [-0.39, 0.29) is 0 Å². The Morgan fingerprint density at radius 1 is 0.538 bits per heavy atom. The predicted octanol–water partition coefficient (Wildman–Crippen LogP) is 4.40. The zero-order valence-corrected chi connectivity index (χ0v) is 8.41. The standard InChI is InChI=1S/C13H20/c1-2-4-6-8-10-12-13-11-9-7-5-3-1/h1-4,7,9H,5-6,8,10-13H2/b3-1+,4-2-,9-7+. The van der Waals surface area contributed by atoms with Crippen molar-refractivity contribution in [1.82, 2.24) is 0 Å². The molecule has 1 aliphatic rings. The van der Waals surface area contributed by atoms with Gasteiger partial charge in [-0.15, -0.1) is 0 Å². The van der Waals surface area contributed by atoms with Crippen LogP contribution in [-0.2, 0) is 0 Å². The molecular weight excluding hydrogens is 156 g/mol. The smallest absolute Gasteiger partial charge is 0.0166 e. The SMILES string of the molecule is C1=C\CCCCCC/C=C/C/C=C/1. The summed E-state index contributed by atoms with van der Waals surface area (Å²) in [5, 5.41) is 0. The first kappa shape index (κ1) is 10.3. The van der Waals surface area contributed by atoms with Gasteiger partial charge in [0.1, 0.15) is 0 Å². The third-order valence-corrected chi connectivity index (χ3v) is 2.31. The molecule has 1 rings (SSSR count). The molecule has 0 aromatic carbocycles. The van der Waals surface area contributed by atoms with E-state index in [1.54, 1.807) is 0 Å². The predicted molar refractivity (Wildman–Crippen MR) is 59.7 cm³/mol. The lowest BCUT2D eigenvalue weighted by molar-refractivity contribution is 0.652. The second-order valence-electron chi connectivity index (χ2n) is 3.55. The van der Waals surface area contributed by atoms with E-state index in [1.807, 2.05) is 0 Å². The Bertz CT molecular complexity index is 184. The van der Waals surface area contributed by atoms with Crippen LogP contribution in [0.25, 0.3) is 0 Å². The molecule has 0 saturated heterocycles. The van der Waals surface area contributed by atoms with Gasteiger partial charge in [0.25, 0.3) is 0 Å². The number of allylic oxidation sites excluding steroid dienone is 6. The van der Waals surface area contributed by atoms with E-state index >= 15 is 0 Å². The quantitative estimate of drug-likeness (QED) is 0.480. The first-order valence-electron chi connectivity index (χ1n) is 5.47. The number of hydrogen-bond donors (Lipinski definition) is 0. The maximum Gasteiger partial charge on any atom is -0.0166 e. The van der Waals surface area contributed by atoms with E-state index in [0.29, 0.717) is 0 Å². The minimum absolute atomic E-state index is 1.09. The van der Waals surface area contributed by atoms with Crippen molar-refractivity contribution in [3.05, 3.63) is 36.5 Å². The molecule has 0 N–H and O–H groups in total. The third kappa shape index (κ3) is 6.39. The lowest BCUT2D eigenvalue weighted by Crippen LogP contribution is -1.76. The summed E-state index contributed by atoms with van der Waals surface area (Å²) in [5.74, 6) is 0. The van der Waals surface area contributed by atoms with Gasteiger partial charge in [-0.1, -0.05) is 49.3 Å². The van der Waals surface area contributed by atoms with Crippen LogP contribution < -0.4 is 0 Å². The largest absolute Gasteiger partial charge is 0.0882 e. The third-order valence-electron chi connectivity index (χ3n) is 2.31. The molecule has 0 spiro atoms. The Morgan fingerprint density at radius 3 is 2.08 bits per heavy atom. The minimum Gasteiger partial charge on any atom is -0.0882 e.